The molecule has 2 N–H and O–H groups in total. The summed E-state index contributed by atoms with van der Waals surface area (Å²) in [6.07, 6.45) is 0.546. The summed E-state index contributed by atoms with van der Waals surface area (Å²) in [5.41, 5.74) is 0.971. The van der Waals surface area contributed by atoms with Crippen molar-refractivity contribution in [3.8, 4) is 11.5 Å². The average Bonchev–Trinajstić information content (AvgIpc) is 2.60. The normalized spacial score (nSPS) is 19.7. The topological polar surface area (TPSA) is 59.6 Å². The third-order valence-corrected chi connectivity index (χ3v) is 5.61. The van der Waals surface area contributed by atoms with Gasteiger partial charge in [0.2, 0.25) is 5.91 Å². The molecule has 0 aromatic heterocycles. The van der Waals surface area contributed by atoms with Crippen LogP contribution in [0.15, 0.2) is 18.2 Å². The summed E-state index contributed by atoms with van der Waals surface area (Å²) in [5.74, 6) is 3.85. The molecule has 1 aromatic rings. The van der Waals surface area contributed by atoms with Crippen LogP contribution in [0.3, 0.4) is 0 Å². The van der Waals surface area contributed by atoms with Crippen molar-refractivity contribution in [2.45, 2.75) is 31.7 Å². The molecule has 3 rings (SSSR count). The van der Waals surface area contributed by atoms with Crippen molar-refractivity contribution in [3.63, 3.8) is 0 Å². The average molecular weight is 387 g/mol. The summed E-state index contributed by atoms with van der Waals surface area (Å²) in [7, 11) is 0. The van der Waals surface area contributed by atoms with Crippen LogP contribution in [0.1, 0.15) is 25.8 Å². The quantitative estimate of drug-likeness (QED) is 0.813. The molecule has 1 unspecified atom stereocenters. The Morgan fingerprint density at radius 2 is 2.08 bits per heavy atom. The van der Waals surface area contributed by atoms with Crippen molar-refractivity contribution in [3.05, 3.63) is 23.8 Å². The lowest BCUT2D eigenvalue weighted by molar-refractivity contribution is -0.121. The smallest absolute Gasteiger partial charge is 0.221 e. The van der Waals surface area contributed by atoms with E-state index in [2.05, 4.69) is 30.5 Å². The number of nitrogens with one attached hydrogen (secondary N) is 2. The molecule has 0 radical (unpaired) electrons. The highest BCUT2D eigenvalue weighted by atomic mass is 35.5. The fourth-order valence-corrected chi connectivity index (χ4v) is 3.88. The number of carbonyl (C=O) groups excluding carboxylic acids is 1. The number of carbonyl (C=O) groups is 1. The van der Waals surface area contributed by atoms with Crippen molar-refractivity contribution in [2.75, 3.05) is 37.8 Å². The van der Waals surface area contributed by atoms with Gasteiger partial charge in [-0.2, -0.15) is 11.8 Å². The van der Waals surface area contributed by atoms with Crippen molar-refractivity contribution in [1.29, 1.82) is 0 Å². The van der Waals surface area contributed by atoms with Crippen LogP contribution in [0.2, 0.25) is 0 Å². The van der Waals surface area contributed by atoms with Gasteiger partial charge in [0, 0.05) is 42.5 Å². The van der Waals surface area contributed by atoms with E-state index in [0.29, 0.717) is 32.2 Å². The van der Waals surface area contributed by atoms with E-state index in [1.54, 1.807) is 0 Å². The van der Waals surface area contributed by atoms with E-state index < -0.39 is 0 Å². The fraction of sp³-hybridized carbons (Fsp3) is 0.611. The minimum atomic E-state index is -0.166. The van der Waals surface area contributed by atoms with Crippen LogP contribution in [-0.2, 0) is 10.2 Å². The monoisotopic (exact) mass is 386 g/mol. The van der Waals surface area contributed by atoms with E-state index in [4.69, 9.17) is 9.47 Å². The first-order valence-electron chi connectivity index (χ1n) is 8.52. The molecule has 0 bridgehead atoms. The van der Waals surface area contributed by atoms with E-state index in [-0.39, 0.29) is 23.7 Å². The Bertz CT molecular complexity index is 592. The van der Waals surface area contributed by atoms with E-state index in [9.17, 15) is 4.79 Å². The van der Waals surface area contributed by atoms with Gasteiger partial charge >= 0.3 is 0 Å². The number of ether oxygens (including phenoxy) is 2. The molecule has 1 aromatic carbocycles. The molecule has 25 heavy (non-hydrogen) atoms. The minimum Gasteiger partial charge on any atom is -0.486 e. The number of rotatable bonds is 5. The second kappa shape index (κ2) is 9.01. The lowest BCUT2D eigenvalue weighted by atomic mass is 9.84. The second-order valence-electron chi connectivity index (χ2n) is 6.95. The van der Waals surface area contributed by atoms with Gasteiger partial charge in [-0.1, -0.05) is 19.9 Å². The first-order valence-corrected chi connectivity index (χ1v) is 9.68. The summed E-state index contributed by atoms with van der Waals surface area (Å²) in [5, 5.41) is 6.49. The zero-order valence-electron chi connectivity index (χ0n) is 14.8. The highest BCUT2D eigenvalue weighted by Crippen LogP contribution is 2.34. The zero-order valence-corrected chi connectivity index (χ0v) is 16.4. The summed E-state index contributed by atoms with van der Waals surface area (Å²) < 4.78 is 11.2. The molecule has 1 amide bonds. The van der Waals surface area contributed by atoms with Gasteiger partial charge in [-0.3, -0.25) is 4.79 Å². The number of fused-ring (bicyclic) bond motifs is 1. The SMILES string of the molecule is CC(C)(CNC(=O)CC1CSCCN1)c1ccc2c(c1)OCCO2.Cl. The molecule has 2 heterocycles. The summed E-state index contributed by atoms with van der Waals surface area (Å²) >= 11 is 1.91. The Morgan fingerprint density at radius 1 is 1.32 bits per heavy atom. The first-order chi connectivity index (χ1) is 11.5. The molecule has 0 aliphatic carbocycles. The number of halogens is 1. The molecule has 2 aliphatic heterocycles. The van der Waals surface area contributed by atoms with Crippen molar-refractivity contribution in [1.82, 2.24) is 10.6 Å². The van der Waals surface area contributed by atoms with Crippen molar-refractivity contribution < 1.29 is 14.3 Å². The summed E-state index contributed by atoms with van der Waals surface area (Å²) in [6.45, 7) is 7.04. The van der Waals surface area contributed by atoms with Gasteiger partial charge in [0.25, 0.3) is 0 Å². The summed E-state index contributed by atoms with van der Waals surface area (Å²) in [6, 6.07) is 6.33. The Kier molecular flexibility index (Phi) is 7.28. The lowest BCUT2D eigenvalue weighted by Crippen LogP contribution is -2.43. The van der Waals surface area contributed by atoms with E-state index in [1.807, 2.05) is 23.9 Å². The van der Waals surface area contributed by atoms with Crippen molar-refractivity contribution in [2.24, 2.45) is 0 Å². The number of amides is 1. The number of benzene rings is 1. The van der Waals surface area contributed by atoms with Crippen LogP contribution in [0.5, 0.6) is 11.5 Å². The number of thioether (sulfide) groups is 1. The molecule has 5 nitrogen and oxygen atoms in total. The molecule has 140 valence electrons. The number of hydrogen-bond donors (Lipinski definition) is 2. The Morgan fingerprint density at radius 3 is 2.80 bits per heavy atom. The van der Waals surface area contributed by atoms with E-state index >= 15 is 0 Å². The van der Waals surface area contributed by atoms with Gasteiger partial charge in [0.05, 0.1) is 0 Å². The largest absolute Gasteiger partial charge is 0.486 e. The standard InChI is InChI=1S/C18H26N2O3S.ClH/c1-18(2,12-20-17(21)10-14-11-24-8-5-19-14)13-3-4-15-16(9-13)23-7-6-22-15;/h3-4,9,14,19H,5-8,10-12H2,1-2H3,(H,20,21);1H. The Hall–Kier alpha value is -1.11. The highest BCUT2D eigenvalue weighted by molar-refractivity contribution is 7.99. The van der Waals surface area contributed by atoms with Gasteiger partial charge in [-0.15, -0.1) is 12.4 Å². The van der Waals surface area contributed by atoms with Crippen LogP contribution in [0.25, 0.3) is 0 Å². The van der Waals surface area contributed by atoms with Gasteiger partial charge in [0.1, 0.15) is 13.2 Å². The molecule has 0 spiro atoms. The molecular formula is C18H27ClN2O3S. The Balaban J connectivity index is 0.00000225. The summed E-state index contributed by atoms with van der Waals surface area (Å²) in [4.78, 5) is 12.2. The molecule has 7 heteroatoms. The molecule has 1 atom stereocenters. The predicted molar refractivity (Wildman–Crippen MR) is 104 cm³/mol. The van der Waals surface area contributed by atoms with E-state index in [1.165, 1.54) is 0 Å². The van der Waals surface area contributed by atoms with Gasteiger partial charge in [-0.25, -0.2) is 0 Å². The lowest BCUT2D eigenvalue weighted by Gasteiger charge is -2.28. The zero-order chi connectivity index (χ0) is 17.0. The first kappa shape index (κ1) is 20.2. The second-order valence-corrected chi connectivity index (χ2v) is 8.10. The number of hydrogen-bond acceptors (Lipinski definition) is 5. The molecule has 1 saturated heterocycles. The van der Waals surface area contributed by atoms with Crippen molar-refractivity contribution >= 4 is 30.1 Å². The van der Waals surface area contributed by atoms with Crippen LogP contribution in [-0.4, -0.2) is 49.8 Å². The van der Waals surface area contributed by atoms with E-state index in [0.717, 1.165) is 35.1 Å². The van der Waals surface area contributed by atoms with Crippen LogP contribution < -0.4 is 20.1 Å². The third-order valence-electron chi connectivity index (χ3n) is 4.48. The third kappa shape index (κ3) is 5.43. The predicted octanol–water partition coefficient (Wildman–Crippen LogP) is 2.37. The van der Waals surface area contributed by atoms with Crippen LogP contribution in [0, 0.1) is 0 Å². The Labute approximate surface area is 160 Å². The highest BCUT2D eigenvalue weighted by Gasteiger charge is 2.25. The molecule has 0 saturated carbocycles. The maximum absolute atomic E-state index is 12.2. The van der Waals surface area contributed by atoms with Crippen LogP contribution >= 0.6 is 24.2 Å². The fourth-order valence-electron chi connectivity index (χ4n) is 2.93. The molecule has 2 aliphatic rings. The molecule has 1 fully saturated rings. The van der Waals surface area contributed by atoms with Gasteiger partial charge in [0.15, 0.2) is 11.5 Å². The van der Waals surface area contributed by atoms with Gasteiger partial charge < -0.3 is 20.1 Å². The van der Waals surface area contributed by atoms with Crippen LogP contribution in [0.4, 0.5) is 0 Å². The molecular weight excluding hydrogens is 360 g/mol. The maximum atomic E-state index is 12.2. The minimum absolute atomic E-state index is 0. The maximum Gasteiger partial charge on any atom is 0.221 e. The van der Waals surface area contributed by atoms with Gasteiger partial charge in [-0.05, 0) is 17.7 Å².